The zero-order chi connectivity index (χ0) is 12.0. The minimum absolute atomic E-state index is 0.0540. The lowest BCUT2D eigenvalue weighted by atomic mass is 10.2. The summed E-state index contributed by atoms with van der Waals surface area (Å²) in [5.74, 6) is -0.264. The molecule has 1 fully saturated rings. The molecule has 0 bridgehead atoms. The van der Waals surface area contributed by atoms with E-state index in [9.17, 15) is 9.59 Å². The average molecular weight is 224 g/mol. The van der Waals surface area contributed by atoms with E-state index in [2.05, 4.69) is 10.6 Å². The van der Waals surface area contributed by atoms with E-state index in [0.717, 1.165) is 0 Å². The summed E-state index contributed by atoms with van der Waals surface area (Å²) in [6.07, 6.45) is 0.289. The number of nitrogens with one attached hydrogen (secondary N) is 2. The minimum atomic E-state index is -0.222. The zero-order valence-corrected chi connectivity index (χ0v) is 9.32. The highest BCUT2D eigenvalue weighted by Gasteiger charge is 2.25. The number of rotatable bonds is 4. The van der Waals surface area contributed by atoms with Crippen molar-refractivity contribution >= 4 is 11.8 Å². The van der Waals surface area contributed by atoms with Crippen molar-refractivity contribution in [2.75, 3.05) is 26.2 Å². The van der Waals surface area contributed by atoms with Crippen molar-refractivity contribution in [1.82, 2.24) is 15.5 Å². The van der Waals surface area contributed by atoms with Gasteiger partial charge in [-0.25, -0.2) is 0 Å². The topological polar surface area (TPSA) is 85.2 Å². The number of nitrogens with zero attached hydrogens (tertiary/aromatic N) is 2. The molecule has 1 rings (SSSR count). The molecule has 6 nitrogen and oxygen atoms in total. The molecule has 0 spiro atoms. The third kappa shape index (κ3) is 3.51. The van der Waals surface area contributed by atoms with Gasteiger partial charge in [-0.1, -0.05) is 0 Å². The van der Waals surface area contributed by atoms with Crippen molar-refractivity contribution in [1.29, 1.82) is 5.26 Å². The Kier molecular flexibility index (Phi) is 4.73. The van der Waals surface area contributed by atoms with Crippen molar-refractivity contribution in [2.24, 2.45) is 0 Å². The van der Waals surface area contributed by atoms with Crippen LogP contribution < -0.4 is 10.6 Å². The van der Waals surface area contributed by atoms with E-state index < -0.39 is 0 Å². The fourth-order valence-corrected chi connectivity index (χ4v) is 1.53. The molecule has 2 N–H and O–H groups in total. The molecule has 1 unspecified atom stereocenters. The van der Waals surface area contributed by atoms with Crippen molar-refractivity contribution in [3.05, 3.63) is 0 Å². The summed E-state index contributed by atoms with van der Waals surface area (Å²) < 4.78 is 0. The van der Waals surface area contributed by atoms with Crippen LogP contribution in [0.25, 0.3) is 0 Å². The van der Waals surface area contributed by atoms with E-state index in [1.165, 1.54) is 4.90 Å². The number of amides is 2. The maximum absolute atomic E-state index is 11.6. The van der Waals surface area contributed by atoms with Crippen LogP contribution in [0.4, 0.5) is 0 Å². The monoisotopic (exact) mass is 224 g/mol. The fourth-order valence-electron chi connectivity index (χ4n) is 1.53. The van der Waals surface area contributed by atoms with E-state index in [0.29, 0.717) is 19.6 Å². The van der Waals surface area contributed by atoms with Crippen LogP contribution in [0.3, 0.4) is 0 Å². The van der Waals surface area contributed by atoms with Gasteiger partial charge in [-0.2, -0.15) is 5.26 Å². The van der Waals surface area contributed by atoms with Gasteiger partial charge >= 0.3 is 0 Å². The Morgan fingerprint density at radius 2 is 2.50 bits per heavy atom. The third-order valence-electron chi connectivity index (χ3n) is 2.41. The van der Waals surface area contributed by atoms with Crippen LogP contribution in [0.1, 0.15) is 13.3 Å². The van der Waals surface area contributed by atoms with E-state index in [1.807, 2.05) is 6.07 Å². The fraction of sp³-hybridized carbons (Fsp3) is 0.700. The van der Waals surface area contributed by atoms with Gasteiger partial charge < -0.3 is 15.5 Å². The molecule has 1 heterocycles. The highest BCUT2D eigenvalue weighted by Crippen LogP contribution is 1.99. The zero-order valence-electron chi connectivity index (χ0n) is 9.32. The quantitative estimate of drug-likeness (QED) is 0.590. The van der Waals surface area contributed by atoms with E-state index in [-0.39, 0.29) is 30.8 Å². The predicted octanol–water partition coefficient (Wildman–Crippen LogP) is -1.16. The molecule has 0 aliphatic carbocycles. The molecular weight excluding hydrogens is 208 g/mol. The number of piperazine rings is 1. The largest absolute Gasteiger partial charge is 0.354 e. The number of hydrogen-bond donors (Lipinski definition) is 2. The van der Waals surface area contributed by atoms with Gasteiger partial charge in [0.1, 0.15) is 0 Å². The molecule has 0 saturated carbocycles. The first-order valence-corrected chi connectivity index (χ1v) is 5.31. The lowest BCUT2D eigenvalue weighted by Gasteiger charge is -2.30. The molecule has 88 valence electrons. The Bertz CT molecular complexity index is 310. The maximum Gasteiger partial charge on any atom is 0.239 e. The number of hydrogen-bond acceptors (Lipinski definition) is 4. The lowest BCUT2D eigenvalue weighted by molar-refractivity contribution is -0.139. The molecule has 0 radical (unpaired) electrons. The summed E-state index contributed by atoms with van der Waals surface area (Å²) in [5.41, 5.74) is 0. The van der Waals surface area contributed by atoms with Crippen molar-refractivity contribution in [3.63, 3.8) is 0 Å². The van der Waals surface area contributed by atoms with Gasteiger partial charge in [0.15, 0.2) is 0 Å². The van der Waals surface area contributed by atoms with Crippen molar-refractivity contribution in [3.8, 4) is 6.07 Å². The molecule has 1 aliphatic heterocycles. The molecule has 1 atom stereocenters. The van der Waals surface area contributed by atoms with Gasteiger partial charge in [0.25, 0.3) is 0 Å². The van der Waals surface area contributed by atoms with Crippen LogP contribution >= 0.6 is 0 Å². The second kappa shape index (κ2) is 6.08. The standard InChI is InChI=1S/C10H16N4O2/c1-8-10(16)14(6-5-12-8)7-9(15)13-4-2-3-11/h8,12H,2,4-7H2,1H3,(H,13,15). The van der Waals surface area contributed by atoms with Crippen LogP contribution in [0, 0.1) is 11.3 Å². The molecule has 0 aromatic heterocycles. The molecule has 1 saturated heterocycles. The Morgan fingerprint density at radius 1 is 1.75 bits per heavy atom. The van der Waals surface area contributed by atoms with Gasteiger partial charge in [-0.3, -0.25) is 9.59 Å². The Hall–Kier alpha value is -1.61. The Morgan fingerprint density at radius 3 is 3.19 bits per heavy atom. The van der Waals surface area contributed by atoms with E-state index in [4.69, 9.17) is 5.26 Å². The molecule has 16 heavy (non-hydrogen) atoms. The first kappa shape index (κ1) is 12.5. The molecule has 1 aliphatic rings. The van der Waals surface area contributed by atoms with E-state index in [1.54, 1.807) is 6.92 Å². The molecule has 0 aromatic rings. The van der Waals surface area contributed by atoms with Crippen molar-refractivity contribution < 1.29 is 9.59 Å². The second-order valence-electron chi connectivity index (χ2n) is 3.69. The lowest BCUT2D eigenvalue weighted by Crippen LogP contribution is -2.55. The normalized spacial score (nSPS) is 20.4. The van der Waals surface area contributed by atoms with Gasteiger partial charge in [-0.05, 0) is 6.92 Å². The number of nitriles is 1. The smallest absolute Gasteiger partial charge is 0.239 e. The minimum Gasteiger partial charge on any atom is -0.354 e. The molecular formula is C10H16N4O2. The molecule has 6 heteroatoms. The molecule has 0 aromatic carbocycles. The number of carbonyl (C=O) groups is 2. The second-order valence-corrected chi connectivity index (χ2v) is 3.69. The average Bonchev–Trinajstić information content (AvgIpc) is 2.25. The van der Waals surface area contributed by atoms with Gasteiger partial charge in [0, 0.05) is 19.6 Å². The Labute approximate surface area is 94.6 Å². The van der Waals surface area contributed by atoms with Gasteiger partial charge in [-0.15, -0.1) is 0 Å². The van der Waals surface area contributed by atoms with Gasteiger partial charge in [0.2, 0.25) is 11.8 Å². The molecule has 2 amide bonds. The van der Waals surface area contributed by atoms with Crippen LogP contribution in [0.5, 0.6) is 0 Å². The van der Waals surface area contributed by atoms with Crippen LogP contribution in [-0.4, -0.2) is 48.9 Å². The highest BCUT2D eigenvalue weighted by molar-refractivity contribution is 5.87. The summed E-state index contributed by atoms with van der Waals surface area (Å²) in [5, 5.41) is 13.9. The summed E-state index contributed by atoms with van der Waals surface area (Å²) in [7, 11) is 0. The third-order valence-corrected chi connectivity index (χ3v) is 2.41. The van der Waals surface area contributed by atoms with E-state index >= 15 is 0 Å². The summed E-state index contributed by atoms with van der Waals surface area (Å²) >= 11 is 0. The van der Waals surface area contributed by atoms with Crippen LogP contribution in [-0.2, 0) is 9.59 Å². The Balaban J connectivity index is 2.33. The predicted molar refractivity (Wildman–Crippen MR) is 57.3 cm³/mol. The highest BCUT2D eigenvalue weighted by atomic mass is 16.2. The van der Waals surface area contributed by atoms with Gasteiger partial charge in [0.05, 0.1) is 25.1 Å². The number of carbonyl (C=O) groups excluding carboxylic acids is 2. The van der Waals surface area contributed by atoms with Crippen LogP contribution in [0.15, 0.2) is 0 Å². The SMILES string of the molecule is CC1NCCN(CC(=O)NCCC#N)C1=O. The van der Waals surface area contributed by atoms with Crippen molar-refractivity contribution in [2.45, 2.75) is 19.4 Å². The summed E-state index contributed by atoms with van der Waals surface area (Å²) in [6.45, 7) is 3.46. The summed E-state index contributed by atoms with van der Waals surface area (Å²) in [6, 6.07) is 1.72. The maximum atomic E-state index is 11.6. The summed E-state index contributed by atoms with van der Waals surface area (Å²) in [4.78, 5) is 24.6. The first-order valence-electron chi connectivity index (χ1n) is 5.31. The van der Waals surface area contributed by atoms with Crippen LogP contribution in [0.2, 0.25) is 0 Å². The first-order chi connectivity index (χ1) is 7.65.